The molecular weight excluding hydrogens is 312 g/mol. The number of aliphatic hydroxyl groups is 1. The Bertz CT molecular complexity index is 551. The van der Waals surface area contributed by atoms with Crippen molar-refractivity contribution in [3.63, 3.8) is 0 Å². The second kappa shape index (κ2) is 5.23. The molecule has 1 N–H and O–H groups in total. The molecule has 5 rings (SSSR count). The Balaban J connectivity index is 1.41. The van der Waals surface area contributed by atoms with Crippen LogP contribution in [0.15, 0.2) is 0 Å². The SMILES string of the molecule is CC12CCC3(C[C@H]1CCC1C2CCC2(C)[C@@H]1CC[C@@]2(C)O)OCCO3. The fourth-order valence-electron chi connectivity index (χ4n) is 8.20. The third-order valence-electron chi connectivity index (χ3n) is 10.0. The second-order valence-electron chi connectivity index (χ2n) is 10.7. The zero-order valence-electron chi connectivity index (χ0n) is 16.4. The van der Waals surface area contributed by atoms with Gasteiger partial charge in [-0.2, -0.15) is 0 Å². The van der Waals surface area contributed by atoms with E-state index in [1.54, 1.807) is 0 Å². The zero-order valence-corrected chi connectivity index (χ0v) is 16.4. The summed E-state index contributed by atoms with van der Waals surface area (Å²) in [5, 5.41) is 11.0. The lowest BCUT2D eigenvalue weighted by atomic mass is 9.44. The van der Waals surface area contributed by atoms with Gasteiger partial charge in [-0.25, -0.2) is 0 Å². The van der Waals surface area contributed by atoms with E-state index in [1.165, 1.54) is 38.5 Å². The number of hydrogen-bond acceptors (Lipinski definition) is 3. The Morgan fingerprint density at radius 1 is 0.800 bits per heavy atom. The number of ether oxygens (including phenoxy) is 2. The molecule has 25 heavy (non-hydrogen) atoms. The third kappa shape index (κ3) is 2.15. The van der Waals surface area contributed by atoms with Crippen molar-refractivity contribution in [3.8, 4) is 0 Å². The van der Waals surface area contributed by atoms with Crippen LogP contribution in [0.3, 0.4) is 0 Å². The molecule has 1 heterocycles. The molecule has 4 saturated carbocycles. The highest BCUT2D eigenvalue weighted by atomic mass is 16.7. The first-order valence-electron chi connectivity index (χ1n) is 10.8. The summed E-state index contributed by atoms with van der Waals surface area (Å²) < 4.78 is 12.1. The normalized spacial score (nSPS) is 57.1. The van der Waals surface area contributed by atoms with Gasteiger partial charge < -0.3 is 14.6 Å². The molecule has 7 atom stereocenters. The van der Waals surface area contributed by atoms with E-state index in [2.05, 4.69) is 20.8 Å². The van der Waals surface area contributed by atoms with Gasteiger partial charge in [0.25, 0.3) is 0 Å². The van der Waals surface area contributed by atoms with Gasteiger partial charge in [-0.15, -0.1) is 0 Å². The fourth-order valence-corrected chi connectivity index (χ4v) is 8.20. The molecule has 142 valence electrons. The van der Waals surface area contributed by atoms with E-state index in [9.17, 15) is 5.11 Å². The van der Waals surface area contributed by atoms with Crippen molar-refractivity contribution in [2.24, 2.45) is 34.5 Å². The summed E-state index contributed by atoms with van der Waals surface area (Å²) >= 11 is 0. The van der Waals surface area contributed by atoms with Crippen LogP contribution in [0.4, 0.5) is 0 Å². The summed E-state index contributed by atoms with van der Waals surface area (Å²) in [6.07, 6.45) is 10.9. The lowest BCUT2D eigenvalue weighted by molar-refractivity contribution is -0.232. The number of rotatable bonds is 0. The Labute approximate surface area is 152 Å². The standard InChI is InChI=1S/C22H36O3/c1-19-10-11-22(24-12-13-25-22)14-15(19)4-5-16-17(19)6-8-20(2)18(16)7-9-21(20,3)23/h15-18,23H,4-14H2,1-3H3/t15-,16?,17?,18-,19?,20?,21-/m1/s1. The van der Waals surface area contributed by atoms with Crippen LogP contribution in [0.1, 0.15) is 78.6 Å². The molecule has 0 aromatic carbocycles. The van der Waals surface area contributed by atoms with Crippen LogP contribution >= 0.6 is 0 Å². The van der Waals surface area contributed by atoms with Crippen LogP contribution in [0.25, 0.3) is 0 Å². The van der Waals surface area contributed by atoms with E-state index < -0.39 is 5.60 Å². The van der Waals surface area contributed by atoms with Crippen molar-refractivity contribution in [3.05, 3.63) is 0 Å². The molecule has 4 aliphatic carbocycles. The van der Waals surface area contributed by atoms with Crippen LogP contribution in [-0.2, 0) is 9.47 Å². The molecule has 1 saturated heterocycles. The van der Waals surface area contributed by atoms with Crippen LogP contribution < -0.4 is 0 Å². The molecule has 0 radical (unpaired) electrons. The summed E-state index contributed by atoms with van der Waals surface area (Å²) in [4.78, 5) is 0. The summed E-state index contributed by atoms with van der Waals surface area (Å²) in [7, 11) is 0. The van der Waals surface area contributed by atoms with Crippen LogP contribution in [0.2, 0.25) is 0 Å². The average molecular weight is 349 g/mol. The largest absolute Gasteiger partial charge is 0.390 e. The van der Waals surface area contributed by atoms with Gasteiger partial charge in [0, 0.05) is 12.8 Å². The van der Waals surface area contributed by atoms with Crippen LogP contribution in [0.5, 0.6) is 0 Å². The average Bonchev–Trinajstić information content (AvgIpc) is 3.11. The van der Waals surface area contributed by atoms with E-state index in [0.29, 0.717) is 5.41 Å². The Morgan fingerprint density at radius 3 is 2.28 bits per heavy atom. The molecule has 1 spiro atoms. The molecule has 3 nitrogen and oxygen atoms in total. The lowest BCUT2D eigenvalue weighted by Gasteiger charge is -2.62. The monoisotopic (exact) mass is 348 g/mol. The van der Waals surface area contributed by atoms with Crippen LogP contribution in [0, 0.1) is 34.5 Å². The molecule has 0 aromatic heterocycles. The summed E-state index contributed by atoms with van der Waals surface area (Å²) in [5.74, 6) is 2.92. The molecule has 5 fully saturated rings. The highest BCUT2D eigenvalue weighted by Crippen LogP contribution is 2.69. The predicted molar refractivity (Wildman–Crippen MR) is 97.0 cm³/mol. The quantitative estimate of drug-likeness (QED) is 0.699. The van der Waals surface area contributed by atoms with E-state index in [-0.39, 0.29) is 11.2 Å². The van der Waals surface area contributed by atoms with Gasteiger partial charge in [0.1, 0.15) is 0 Å². The Hall–Kier alpha value is -0.120. The minimum atomic E-state index is -0.456. The zero-order chi connectivity index (χ0) is 17.5. The molecule has 1 aliphatic heterocycles. The maximum absolute atomic E-state index is 11.0. The minimum absolute atomic E-state index is 0.144. The Morgan fingerprint density at radius 2 is 1.52 bits per heavy atom. The molecule has 0 amide bonds. The van der Waals surface area contributed by atoms with E-state index >= 15 is 0 Å². The summed E-state index contributed by atoms with van der Waals surface area (Å²) in [6, 6.07) is 0. The first kappa shape index (κ1) is 17.0. The van der Waals surface area contributed by atoms with Crippen molar-refractivity contribution in [2.45, 2.75) is 89.9 Å². The van der Waals surface area contributed by atoms with Crippen molar-refractivity contribution in [2.75, 3.05) is 13.2 Å². The molecule has 0 bridgehead atoms. The van der Waals surface area contributed by atoms with Gasteiger partial charge in [0.05, 0.1) is 18.8 Å². The maximum Gasteiger partial charge on any atom is 0.168 e. The van der Waals surface area contributed by atoms with Gasteiger partial charge in [-0.05, 0) is 86.4 Å². The van der Waals surface area contributed by atoms with Crippen molar-refractivity contribution < 1.29 is 14.6 Å². The fraction of sp³-hybridized carbons (Fsp3) is 1.00. The first-order valence-corrected chi connectivity index (χ1v) is 10.8. The highest BCUT2D eigenvalue weighted by Gasteiger charge is 2.64. The smallest absolute Gasteiger partial charge is 0.168 e. The van der Waals surface area contributed by atoms with Gasteiger partial charge in [0.2, 0.25) is 0 Å². The summed E-state index contributed by atoms with van der Waals surface area (Å²) in [6.45, 7) is 8.66. The third-order valence-corrected chi connectivity index (χ3v) is 10.0. The number of hydrogen-bond donors (Lipinski definition) is 1. The first-order chi connectivity index (χ1) is 11.8. The molecule has 5 aliphatic rings. The predicted octanol–water partition coefficient (Wildman–Crippen LogP) is 4.52. The molecule has 3 heteroatoms. The number of fused-ring (bicyclic) bond motifs is 5. The van der Waals surface area contributed by atoms with Crippen molar-refractivity contribution in [1.29, 1.82) is 0 Å². The maximum atomic E-state index is 11.0. The van der Waals surface area contributed by atoms with E-state index in [4.69, 9.17) is 9.47 Å². The van der Waals surface area contributed by atoms with Crippen molar-refractivity contribution >= 4 is 0 Å². The van der Waals surface area contributed by atoms with E-state index in [0.717, 1.165) is 56.1 Å². The van der Waals surface area contributed by atoms with Gasteiger partial charge in [-0.3, -0.25) is 0 Å². The van der Waals surface area contributed by atoms with E-state index in [1.807, 2.05) is 0 Å². The molecule has 0 aromatic rings. The Kier molecular flexibility index (Phi) is 3.56. The van der Waals surface area contributed by atoms with Crippen molar-refractivity contribution in [1.82, 2.24) is 0 Å². The van der Waals surface area contributed by atoms with Gasteiger partial charge in [-0.1, -0.05) is 13.8 Å². The second-order valence-corrected chi connectivity index (χ2v) is 10.7. The molecular formula is C22H36O3. The minimum Gasteiger partial charge on any atom is -0.390 e. The van der Waals surface area contributed by atoms with Gasteiger partial charge in [0.15, 0.2) is 5.79 Å². The molecule has 4 unspecified atom stereocenters. The topological polar surface area (TPSA) is 38.7 Å². The van der Waals surface area contributed by atoms with Gasteiger partial charge >= 0.3 is 0 Å². The van der Waals surface area contributed by atoms with Crippen LogP contribution in [-0.4, -0.2) is 29.7 Å². The summed E-state index contributed by atoms with van der Waals surface area (Å²) in [5.41, 5.74) is 0.146. The lowest BCUT2D eigenvalue weighted by Crippen LogP contribution is -2.57. The highest BCUT2D eigenvalue weighted by molar-refractivity contribution is 5.13.